The summed E-state index contributed by atoms with van der Waals surface area (Å²) in [5.74, 6) is 0.824. The monoisotopic (exact) mass is 367 g/mol. The summed E-state index contributed by atoms with van der Waals surface area (Å²) in [4.78, 5) is 18.3. The van der Waals surface area contributed by atoms with Crippen molar-refractivity contribution in [1.82, 2.24) is 4.90 Å². The number of phenolic OH excluding ortho intramolecular Hbond substituents is 1. The van der Waals surface area contributed by atoms with E-state index in [0.29, 0.717) is 18.8 Å². The van der Waals surface area contributed by atoms with E-state index in [4.69, 9.17) is 10.7 Å². The number of para-hydroxylation sites is 1. The highest BCUT2D eigenvalue weighted by atomic mass is 32.2. The van der Waals surface area contributed by atoms with Crippen LogP contribution in [-0.2, 0) is 4.79 Å². The lowest BCUT2D eigenvalue weighted by Gasteiger charge is -2.29. The van der Waals surface area contributed by atoms with Gasteiger partial charge in [0, 0.05) is 23.6 Å². The zero-order valence-electron chi connectivity index (χ0n) is 13.2. The number of phenols is 1. The SMILES string of the molecule is NCCCN1C([C@H]2CSC(c3ccccc3O)=N2)SC[C@H]1C(=O)O. The number of nitrogens with two attached hydrogens (primary N) is 1. The van der Waals surface area contributed by atoms with E-state index in [0.717, 1.165) is 22.8 Å². The molecule has 0 aliphatic carbocycles. The number of thioether (sulfide) groups is 2. The third kappa shape index (κ3) is 3.56. The van der Waals surface area contributed by atoms with Crippen molar-refractivity contribution >= 4 is 34.5 Å². The zero-order valence-corrected chi connectivity index (χ0v) is 14.8. The Morgan fingerprint density at radius 3 is 2.88 bits per heavy atom. The van der Waals surface area contributed by atoms with E-state index < -0.39 is 12.0 Å². The molecule has 0 saturated carbocycles. The highest BCUT2D eigenvalue weighted by Crippen LogP contribution is 2.38. The molecular formula is C16H21N3O3S2. The maximum absolute atomic E-state index is 11.5. The van der Waals surface area contributed by atoms with Gasteiger partial charge in [0.15, 0.2) is 0 Å². The highest BCUT2D eigenvalue weighted by Gasteiger charge is 2.43. The number of benzene rings is 1. The molecule has 2 aliphatic heterocycles. The van der Waals surface area contributed by atoms with Crippen molar-refractivity contribution in [3.05, 3.63) is 29.8 Å². The lowest BCUT2D eigenvalue weighted by atomic mass is 10.2. The van der Waals surface area contributed by atoms with Crippen LogP contribution in [0, 0.1) is 0 Å². The fraction of sp³-hybridized carbons (Fsp3) is 0.500. The first-order chi connectivity index (χ1) is 11.6. The van der Waals surface area contributed by atoms with Crippen LogP contribution in [0.15, 0.2) is 29.3 Å². The molecule has 0 radical (unpaired) electrons. The third-order valence-corrected chi connectivity index (χ3v) is 6.74. The molecule has 1 saturated heterocycles. The third-order valence-electron chi connectivity index (χ3n) is 4.20. The fourth-order valence-corrected chi connectivity index (χ4v) is 5.78. The molecule has 0 amide bonds. The van der Waals surface area contributed by atoms with E-state index in [2.05, 4.69) is 0 Å². The molecule has 24 heavy (non-hydrogen) atoms. The maximum atomic E-state index is 11.5. The van der Waals surface area contributed by atoms with E-state index in [1.165, 1.54) is 0 Å². The van der Waals surface area contributed by atoms with E-state index in [1.807, 2.05) is 17.0 Å². The van der Waals surface area contributed by atoms with Crippen LogP contribution in [0.2, 0.25) is 0 Å². The summed E-state index contributed by atoms with van der Waals surface area (Å²) in [7, 11) is 0. The molecule has 1 aromatic carbocycles. The minimum absolute atomic E-state index is 0.0248. The molecule has 4 N–H and O–H groups in total. The van der Waals surface area contributed by atoms with Crippen molar-refractivity contribution in [2.75, 3.05) is 24.6 Å². The molecule has 2 aliphatic rings. The van der Waals surface area contributed by atoms with Gasteiger partial charge in [-0.2, -0.15) is 0 Å². The molecule has 1 aromatic rings. The first-order valence-corrected chi connectivity index (χ1v) is 9.94. The van der Waals surface area contributed by atoms with Crippen molar-refractivity contribution < 1.29 is 15.0 Å². The number of aliphatic carboxylic acids is 1. The molecule has 130 valence electrons. The first kappa shape index (κ1) is 17.6. The number of carboxylic acids is 1. The number of aliphatic imine (C=N–C) groups is 1. The Labute approximate surface area is 149 Å². The van der Waals surface area contributed by atoms with Gasteiger partial charge in [-0.05, 0) is 25.1 Å². The fourth-order valence-electron chi connectivity index (χ4n) is 3.00. The Morgan fingerprint density at radius 2 is 2.17 bits per heavy atom. The number of rotatable bonds is 6. The second-order valence-corrected chi connectivity index (χ2v) is 7.95. The number of aromatic hydroxyl groups is 1. The number of carbonyl (C=O) groups is 1. The smallest absolute Gasteiger partial charge is 0.321 e. The Morgan fingerprint density at radius 1 is 1.38 bits per heavy atom. The van der Waals surface area contributed by atoms with Gasteiger partial charge in [0.2, 0.25) is 0 Å². The number of nitrogens with zero attached hydrogens (tertiary/aromatic N) is 2. The lowest BCUT2D eigenvalue weighted by Crippen LogP contribution is -2.46. The summed E-state index contributed by atoms with van der Waals surface area (Å²) < 4.78 is 0. The number of carboxylic acid groups (broad SMARTS) is 1. The zero-order chi connectivity index (χ0) is 17.1. The van der Waals surface area contributed by atoms with Crippen LogP contribution >= 0.6 is 23.5 Å². The molecule has 1 fully saturated rings. The molecule has 0 spiro atoms. The summed E-state index contributed by atoms with van der Waals surface area (Å²) in [5, 5.41) is 20.3. The minimum atomic E-state index is -0.780. The van der Waals surface area contributed by atoms with E-state index in [-0.39, 0.29) is 17.2 Å². The van der Waals surface area contributed by atoms with E-state index in [9.17, 15) is 15.0 Å². The summed E-state index contributed by atoms with van der Waals surface area (Å²) in [6.07, 6.45) is 0.775. The van der Waals surface area contributed by atoms with Crippen molar-refractivity contribution in [1.29, 1.82) is 0 Å². The van der Waals surface area contributed by atoms with Crippen LogP contribution in [0.3, 0.4) is 0 Å². The largest absolute Gasteiger partial charge is 0.507 e. The molecular weight excluding hydrogens is 346 g/mol. The van der Waals surface area contributed by atoms with Crippen LogP contribution in [0.5, 0.6) is 5.75 Å². The Kier molecular flexibility index (Phi) is 5.70. The topological polar surface area (TPSA) is 99.1 Å². The summed E-state index contributed by atoms with van der Waals surface area (Å²) in [6.45, 7) is 1.22. The predicted octanol–water partition coefficient (Wildman–Crippen LogP) is 1.43. The van der Waals surface area contributed by atoms with Gasteiger partial charge in [-0.3, -0.25) is 14.7 Å². The molecule has 0 aromatic heterocycles. The average Bonchev–Trinajstić information content (AvgIpc) is 3.19. The molecule has 6 nitrogen and oxygen atoms in total. The van der Waals surface area contributed by atoms with Crippen LogP contribution in [0.25, 0.3) is 0 Å². The van der Waals surface area contributed by atoms with Crippen molar-refractivity contribution in [2.45, 2.75) is 23.9 Å². The molecule has 1 unspecified atom stereocenters. The van der Waals surface area contributed by atoms with Crippen LogP contribution in [-0.4, -0.2) is 68.2 Å². The highest BCUT2D eigenvalue weighted by molar-refractivity contribution is 8.14. The average molecular weight is 367 g/mol. The second kappa shape index (κ2) is 7.77. The standard InChI is InChI=1S/C16H21N3O3S2/c17-6-3-7-19-12(16(21)22)9-24-15(19)11-8-23-14(18-11)10-4-1-2-5-13(10)20/h1-2,4-5,11-12,15,20H,3,6-9,17H2,(H,21,22)/t11-,12+,15?/m1/s1. The van der Waals surface area contributed by atoms with Gasteiger partial charge in [0.25, 0.3) is 0 Å². The predicted molar refractivity (Wildman–Crippen MR) is 98.9 cm³/mol. The summed E-state index contributed by atoms with van der Waals surface area (Å²) in [6, 6.07) is 6.73. The normalized spacial score (nSPS) is 27.4. The second-order valence-electron chi connectivity index (χ2n) is 5.79. The Bertz CT molecular complexity index is 641. The maximum Gasteiger partial charge on any atom is 0.321 e. The number of hydrogen-bond donors (Lipinski definition) is 3. The van der Waals surface area contributed by atoms with Gasteiger partial charge in [-0.25, -0.2) is 0 Å². The van der Waals surface area contributed by atoms with Crippen molar-refractivity contribution in [3.8, 4) is 5.75 Å². The molecule has 3 atom stereocenters. The Hall–Kier alpha value is -1.22. The molecule has 8 heteroatoms. The van der Waals surface area contributed by atoms with Gasteiger partial charge in [0.1, 0.15) is 16.8 Å². The van der Waals surface area contributed by atoms with E-state index >= 15 is 0 Å². The van der Waals surface area contributed by atoms with Crippen molar-refractivity contribution in [3.63, 3.8) is 0 Å². The van der Waals surface area contributed by atoms with Gasteiger partial charge in [0.05, 0.1) is 11.4 Å². The molecule has 0 bridgehead atoms. The molecule has 3 rings (SSSR count). The van der Waals surface area contributed by atoms with Gasteiger partial charge < -0.3 is 15.9 Å². The van der Waals surface area contributed by atoms with E-state index in [1.54, 1.807) is 35.7 Å². The lowest BCUT2D eigenvalue weighted by molar-refractivity contribution is -0.142. The minimum Gasteiger partial charge on any atom is -0.507 e. The van der Waals surface area contributed by atoms with Gasteiger partial charge in [-0.15, -0.1) is 23.5 Å². The van der Waals surface area contributed by atoms with Crippen molar-refractivity contribution in [2.24, 2.45) is 10.7 Å². The summed E-state index contributed by atoms with van der Waals surface area (Å²) >= 11 is 3.28. The van der Waals surface area contributed by atoms with Gasteiger partial charge in [-0.1, -0.05) is 12.1 Å². The summed E-state index contributed by atoms with van der Waals surface area (Å²) in [5.41, 5.74) is 6.35. The first-order valence-electron chi connectivity index (χ1n) is 7.91. The van der Waals surface area contributed by atoms with Crippen LogP contribution in [0.1, 0.15) is 12.0 Å². The molecule has 2 heterocycles. The number of hydrogen-bond acceptors (Lipinski definition) is 7. The van der Waals surface area contributed by atoms with Gasteiger partial charge >= 0.3 is 5.97 Å². The Balaban J connectivity index is 1.78. The van der Waals surface area contributed by atoms with Crippen LogP contribution < -0.4 is 5.73 Å². The quantitative estimate of drug-likeness (QED) is 0.699. The van der Waals surface area contributed by atoms with Crippen LogP contribution in [0.4, 0.5) is 0 Å².